The van der Waals surface area contributed by atoms with Crippen molar-refractivity contribution in [2.24, 2.45) is 0 Å². The predicted octanol–water partition coefficient (Wildman–Crippen LogP) is 2.19. The highest BCUT2D eigenvalue weighted by Crippen LogP contribution is 2.13. The summed E-state index contributed by atoms with van der Waals surface area (Å²) in [5, 5.41) is 0. The van der Waals surface area contributed by atoms with Crippen LogP contribution >= 0.6 is 0 Å². The van der Waals surface area contributed by atoms with Crippen molar-refractivity contribution in [1.29, 1.82) is 0 Å². The fourth-order valence-corrected chi connectivity index (χ4v) is 0.885. The van der Waals surface area contributed by atoms with Gasteiger partial charge in [0.25, 0.3) is 0 Å². The monoisotopic (exact) mass is 145 g/mol. The van der Waals surface area contributed by atoms with Crippen molar-refractivity contribution in [3.63, 3.8) is 0 Å². The SMILES string of the molecule is C#Cc1cc(C(C)C)ccn1. The van der Waals surface area contributed by atoms with Crippen LogP contribution in [-0.4, -0.2) is 4.98 Å². The average molecular weight is 145 g/mol. The zero-order valence-electron chi connectivity index (χ0n) is 6.83. The second-order valence-electron chi connectivity index (χ2n) is 2.77. The Kier molecular flexibility index (Phi) is 2.28. The predicted molar refractivity (Wildman–Crippen MR) is 46.3 cm³/mol. The number of rotatable bonds is 1. The van der Waals surface area contributed by atoms with Crippen molar-refractivity contribution in [1.82, 2.24) is 4.98 Å². The Morgan fingerprint density at radius 3 is 2.82 bits per heavy atom. The van der Waals surface area contributed by atoms with E-state index in [1.165, 1.54) is 5.56 Å². The maximum absolute atomic E-state index is 5.21. The molecule has 1 rings (SSSR count). The van der Waals surface area contributed by atoms with Crippen molar-refractivity contribution >= 4 is 0 Å². The number of aromatic nitrogens is 1. The molecule has 1 nitrogen and oxygen atoms in total. The Balaban J connectivity index is 3.03. The van der Waals surface area contributed by atoms with Crippen LogP contribution in [0.3, 0.4) is 0 Å². The van der Waals surface area contributed by atoms with E-state index in [-0.39, 0.29) is 0 Å². The lowest BCUT2D eigenvalue weighted by Gasteiger charge is -2.03. The smallest absolute Gasteiger partial charge is 0.113 e. The van der Waals surface area contributed by atoms with Gasteiger partial charge in [0.05, 0.1) is 0 Å². The second kappa shape index (κ2) is 3.21. The lowest BCUT2D eigenvalue weighted by Crippen LogP contribution is -1.89. The van der Waals surface area contributed by atoms with Gasteiger partial charge in [-0.3, -0.25) is 0 Å². The summed E-state index contributed by atoms with van der Waals surface area (Å²) in [6, 6.07) is 3.94. The van der Waals surface area contributed by atoms with E-state index >= 15 is 0 Å². The second-order valence-corrected chi connectivity index (χ2v) is 2.77. The van der Waals surface area contributed by atoms with Gasteiger partial charge in [-0.15, -0.1) is 6.42 Å². The van der Waals surface area contributed by atoms with Crippen LogP contribution in [0.25, 0.3) is 0 Å². The van der Waals surface area contributed by atoms with Crippen LogP contribution in [0.1, 0.15) is 31.0 Å². The standard InChI is InChI=1S/C10H11N/c1-4-10-7-9(8(2)3)5-6-11-10/h1,5-8H,2-3H3. The topological polar surface area (TPSA) is 12.9 Å². The lowest BCUT2D eigenvalue weighted by molar-refractivity contribution is 0.862. The van der Waals surface area contributed by atoms with E-state index in [4.69, 9.17) is 6.42 Å². The van der Waals surface area contributed by atoms with Crippen LogP contribution in [0, 0.1) is 12.3 Å². The highest BCUT2D eigenvalue weighted by Gasteiger charge is 1.98. The third-order valence-electron chi connectivity index (χ3n) is 1.60. The van der Waals surface area contributed by atoms with Crippen molar-refractivity contribution in [3.8, 4) is 12.3 Å². The first-order chi connectivity index (χ1) is 5.24. The van der Waals surface area contributed by atoms with Gasteiger partial charge in [-0.05, 0) is 23.6 Å². The average Bonchev–Trinajstić information content (AvgIpc) is 2.05. The highest BCUT2D eigenvalue weighted by atomic mass is 14.6. The molecule has 0 fully saturated rings. The summed E-state index contributed by atoms with van der Waals surface area (Å²) in [6.45, 7) is 4.27. The molecule has 0 amide bonds. The molecular weight excluding hydrogens is 134 g/mol. The Bertz CT molecular complexity index is 281. The molecule has 0 aliphatic rings. The van der Waals surface area contributed by atoms with Crippen molar-refractivity contribution < 1.29 is 0 Å². The Morgan fingerprint density at radius 1 is 1.55 bits per heavy atom. The molecule has 1 heterocycles. The van der Waals surface area contributed by atoms with Crippen LogP contribution in [0.4, 0.5) is 0 Å². The Labute approximate surface area is 67.5 Å². The van der Waals surface area contributed by atoms with E-state index in [1.807, 2.05) is 12.1 Å². The largest absolute Gasteiger partial charge is 0.248 e. The summed E-state index contributed by atoms with van der Waals surface area (Å²) in [7, 11) is 0. The molecule has 56 valence electrons. The molecule has 0 N–H and O–H groups in total. The zero-order chi connectivity index (χ0) is 8.27. The molecule has 11 heavy (non-hydrogen) atoms. The maximum Gasteiger partial charge on any atom is 0.113 e. The summed E-state index contributed by atoms with van der Waals surface area (Å²) in [5.74, 6) is 3.03. The van der Waals surface area contributed by atoms with E-state index in [1.54, 1.807) is 6.20 Å². The molecule has 0 saturated carbocycles. The molecule has 0 bridgehead atoms. The zero-order valence-corrected chi connectivity index (χ0v) is 6.83. The molecule has 0 radical (unpaired) electrons. The quantitative estimate of drug-likeness (QED) is 0.552. The lowest BCUT2D eigenvalue weighted by atomic mass is 10.0. The van der Waals surface area contributed by atoms with Gasteiger partial charge in [-0.2, -0.15) is 0 Å². The van der Waals surface area contributed by atoms with Gasteiger partial charge in [0.15, 0.2) is 0 Å². The molecule has 0 aromatic carbocycles. The molecular formula is C10H11N. The maximum atomic E-state index is 5.21. The first kappa shape index (κ1) is 7.81. The minimum atomic E-state index is 0.519. The molecule has 1 aromatic rings. The third kappa shape index (κ3) is 1.81. The van der Waals surface area contributed by atoms with Gasteiger partial charge in [-0.1, -0.05) is 19.8 Å². The van der Waals surface area contributed by atoms with E-state index in [9.17, 15) is 0 Å². The van der Waals surface area contributed by atoms with Crippen LogP contribution in [0.2, 0.25) is 0 Å². The van der Waals surface area contributed by atoms with Crippen LogP contribution in [0.5, 0.6) is 0 Å². The molecule has 0 aliphatic heterocycles. The summed E-state index contributed by atoms with van der Waals surface area (Å²) in [5.41, 5.74) is 1.96. The molecule has 1 heteroatoms. The molecule has 0 spiro atoms. The molecule has 1 aromatic heterocycles. The highest BCUT2D eigenvalue weighted by molar-refractivity contribution is 5.29. The number of pyridine rings is 1. The minimum absolute atomic E-state index is 0.519. The van der Waals surface area contributed by atoms with E-state index in [0.717, 1.165) is 5.69 Å². The van der Waals surface area contributed by atoms with Gasteiger partial charge in [0.1, 0.15) is 5.69 Å². The van der Waals surface area contributed by atoms with Gasteiger partial charge in [0.2, 0.25) is 0 Å². The van der Waals surface area contributed by atoms with E-state index < -0.39 is 0 Å². The van der Waals surface area contributed by atoms with Crippen molar-refractivity contribution in [2.45, 2.75) is 19.8 Å². The number of nitrogens with zero attached hydrogens (tertiary/aromatic N) is 1. The summed E-state index contributed by atoms with van der Waals surface area (Å²) < 4.78 is 0. The van der Waals surface area contributed by atoms with Gasteiger partial charge < -0.3 is 0 Å². The van der Waals surface area contributed by atoms with Crippen molar-refractivity contribution in [2.75, 3.05) is 0 Å². The van der Waals surface area contributed by atoms with Gasteiger partial charge in [-0.25, -0.2) is 4.98 Å². The number of hydrogen-bond donors (Lipinski definition) is 0. The Morgan fingerprint density at radius 2 is 2.27 bits per heavy atom. The fraction of sp³-hybridized carbons (Fsp3) is 0.300. The third-order valence-corrected chi connectivity index (χ3v) is 1.60. The summed E-state index contributed by atoms with van der Waals surface area (Å²) >= 11 is 0. The van der Waals surface area contributed by atoms with Gasteiger partial charge in [0, 0.05) is 6.20 Å². The van der Waals surface area contributed by atoms with Crippen molar-refractivity contribution in [3.05, 3.63) is 29.6 Å². The fourth-order valence-electron chi connectivity index (χ4n) is 0.885. The first-order valence-corrected chi connectivity index (χ1v) is 3.66. The summed E-state index contributed by atoms with van der Waals surface area (Å²) in [4.78, 5) is 4.00. The van der Waals surface area contributed by atoms with E-state index in [0.29, 0.717) is 5.92 Å². The molecule has 0 unspecified atom stereocenters. The molecule has 0 aliphatic carbocycles. The molecule has 0 saturated heterocycles. The van der Waals surface area contributed by atoms with E-state index in [2.05, 4.69) is 24.8 Å². The number of terminal acetylenes is 1. The minimum Gasteiger partial charge on any atom is -0.248 e. The van der Waals surface area contributed by atoms with Crippen LogP contribution in [-0.2, 0) is 0 Å². The molecule has 0 atom stereocenters. The summed E-state index contributed by atoms with van der Waals surface area (Å²) in [6.07, 6.45) is 6.96. The van der Waals surface area contributed by atoms with Gasteiger partial charge >= 0.3 is 0 Å². The normalized spacial score (nSPS) is 9.64. The first-order valence-electron chi connectivity index (χ1n) is 3.66. The Hall–Kier alpha value is -1.29. The van der Waals surface area contributed by atoms with Crippen LogP contribution < -0.4 is 0 Å². The number of hydrogen-bond acceptors (Lipinski definition) is 1. The van der Waals surface area contributed by atoms with Crippen LogP contribution in [0.15, 0.2) is 18.3 Å².